The van der Waals surface area contributed by atoms with Crippen molar-refractivity contribution in [1.29, 1.82) is 0 Å². The van der Waals surface area contributed by atoms with Gasteiger partial charge in [-0.1, -0.05) is 12.1 Å². The smallest absolute Gasteiger partial charge is 0.227 e. The van der Waals surface area contributed by atoms with Crippen molar-refractivity contribution in [2.24, 2.45) is 5.41 Å². The van der Waals surface area contributed by atoms with Crippen molar-refractivity contribution in [3.63, 3.8) is 0 Å². The minimum Gasteiger partial charge on any atom is -0.357 e. The van der Waals surface area contributed by atoms with E-state index < -0.39 is 0 Å². The van der Waals surface area contributed by atoms with Crippen LogP contribution in [-0.4, -0.2) is 49.9 Å². The van der Waals surface area contributed by atoms with Crippen molar-refractivity contribution in [3.8, 4) is 0 Å². The monoisotopic (exact) mass is 319 g/mol. The minimum absolute atomic E-state index is 0.103. The van der Waals surface area contributed by atoms with Gasteiger partial charge in [0.1, 0.15) is 5.82 Å². The van der Waals surface area contributed by atoms with Gasteiger partial charge >= 0.3 is 0 Å². The zero-order valence-corrected chi connectivity index (χ0v) is 13.1. The van der Waals surface area contributed by atoms with Crippen molar-refractivity contribution < 1.29 is 14.0 Å². The fourth-order valence-electron chi connectivity index (χ4n) is 3.89. The average Bonchev–Trinajstić information content (AvgIpc) is 2.87. The van der Waals surface area contributed by atoms with Crippen LogP contribution in [0.3, 0.4) is 0 Å². The van der Waals surface area contributed by atoms with Crippen LogP contribution in [0, 0.1) is 11.2 Å². The number of halogens is 1. The first kappa shape index (κ1) is 15.9. The number of amides is 2. The number of carbonyl (C=O) groups is 2. The highest BCUT2D eigenvalue weighted by Gasteiger charge is 2.51. The van der Waals surface area contributed by atoms with Gasteiger partial charge in [-0.3, -0.25) is 9.59 Å². The highest BCUT2D eigenvalue weighted by atomic mass is 19.1. The quantitative estimate of drug-likeness (QED) is 0.625. The van der Waals surface area contributed by atoms with Gasteiger partial charge in [-0.15, -0.1) is 0 Å². The molecule has 2 fully saturated rings. The summed E-state index contributed by atoms with van der Waals surface area (Å²) in [6.07, 6.45) is 2.30. The first-order chi connectivity index (χ1) is 11.2. The molecule has 2 aliphatic rings. The van der Waals surface area contributed by atoms with E-state index in [4.69, 9.17) is 0 Å². The normalized spacial score (nSPS) is 23.7. The number of benzene rings is 1. The van der Waals surface area contributed by atoms with Crippen LogP contribution < -0.4 is 10.6 Å². The molecular weight excluding hydrogens is 297 g/mol. The predicted octanol–water partition coefficient (Wildman–Crippen LogP) is 0.867. The third kappa shape index (κ3) is 3.08. The number of piperidine rings is 1. The Kier molecular flexibility index (Phi) is 4.61. The third-order valence-corrected chi connectivity index (χ3v) is 5.26. The number of carbonyl (C=O) groups excluding carboxylic acids is 2. The van der Waals surface area contributed by atoms with Gasteiger partial charge in [0.2, 0.25) is 12.3 Å². The van der Waals surface area contributed by atoms with Crippen molar-refractivity contribution in [2.45, 2.75) is 18.8 Å². The fraction of sp³-hybridized carbons (Fsp3) is 0.529. The molecule has 124 valence electrons. The molecule has 1 atom stereocenters. The first-order valence-electron chi connectivity index (χ1n) is 8.09. The van der Waals surface area contributed by atoms with Gasteiger partial charge in [-0.25, -0.2) is 4.39 Å². The SMILES string of the molecule is O=CNCCN1CCC2(CC1)C(=O)NCC2c1ccc(F)cc1. The maximum absolute atomic E-state index is 13.2. The number of hydrogen-bond donors (Lipinski definition) is 2. The Balaban J connectivity index is 1.70. The van der Waals surface area contributed by atoms with Gasteiger partial charge in [0.25, 0.3) is 0 Å². The summed E-state index contributed by atoms with van der Waals surface area (Å²) in [5.74, 6) is -0.0269. The Morgan fingerprint density at radius 2 is 2.00 bits per heavy atom. The summed E-state index contributed by atoms with van der Waals surface area (Å²) >= 11 is 0. The van der Waals surface area contributed by atoms with Gasteiger partial charge in [0.15, 0.2) is 0 Å². The van der Waals surface area contributed by atoms with Gasteiger partial charge < -0.3 is 15.5 Å². The summed E-state index contributed by atoms with van der Waals surface area (Å²) in [6.45, 7) is 3.73. The van der Waals surface area contributed by atoms with Crippen LogP contribution in [0.5, 0.6) is 0 Å². The molecule has 1 spiro atoms. The molecule has 1 aromatic rings. The summed E-state index contributed by atoms with van der Waals surface area (Å²) in [5, 5.41) is 5.67. The second kappa shape index (κ2) is 6.66. The van der Waals surface area contributed by atoms with Crippen LogP contribution in [0.2, 0.25) is 0 Å². The molecule has 0 aromatic heterocycles. The molecule has 5 nitrogen and oxygen atoms in total. The fourth-order valence-corrected chi connectivity index (χ4v) is 3.89. The predicted molar refractivity (Wildman–Crippen MR) is 84.3 cm³/mol. The Bertz CT molecular complexity index is 568. The molecule has 3 rings (SSSR count). The average molecular weight is 319 g/mol. The van der Waals surface area contributed by atoms with Crippen LogP contribution in [0.4, 0.5) is 4.39 Å². The molecule has 2 N–H and O–H groups in total. The van der Waals surface area contributed by atoms with E-state index in [0.717, 1.165) is 38.0 Å². The maximum Gasteiger partial charge on any atom is 0.227 e. The minimum atomic E-state index is -0.383. The standard InChI is InChI=1S/C17H22FN3O2/c18-14-3-1-13(2-4-14)15-11-20-16(23)17(15)5-8-21(9-6-17)10-7-19-12-22/h1-4,12,15H,5-11H2,(H,19,22)(H,20,23). The zero-order valence-electron chi connectivity index (χ0n) is 13.1. The lowest BCUT2D eigenvalue weighted by molar-refractivity contribution is -0.130. The topological polar surface area (TPSA) is 61.4 Å². The van der Waals surface area contributed by atoms with Gasteiger partial charge in [0.05, 0.1) is 5.41 Å². The number of nitrogens with zero attached hydrogens (tertiary/aromatic N) is 1. The lowest BCUT2D eigenvalue weighted by Gasteiger charge is -2.41. The molecule has 1 unspecified atom stereocenters. The highest BCUT2D eigenvalue weighted by molar-refractivity contribution is 5.86. The molecule has 2 heterocycles. The number of rotatable bonds is 5. The molecule has 0 bridgehead atoms. The summed E-state index contributed by atoms with van der Waals surface area (Å²) < 4.78 is 13.2. The maximum atomic E-state index is 13.2. The molecule has 23 heavy (non-hydrogen) atoms. The lowest BCUT2D eigenvalue weighted by atomic mass is 9.68. The van der Waals surface area contributed by atoms with Crippen LogP contribution in [0.15, 0.2) is 24.3 Å². The molecule has 0 aliphatic carbocycles. The Morgan fingerprint density at radius 3 is 2.65 bits per heavy atom. The number of hydrogen-bond acceptors (Lipinski definition) is 3. The van der Waals surface area contributed by atoms with Crippen molar-refractivity contribution in [2.75, 3.05) is 32.7 Å². The van der Waals surface area contributed by atoms with Crippen molar-refractivity contribution in [3.05, 3.63) is 35.6 Å². The van der Waals surface area contributed by atoms with E-state index in [0.29, 0.717) is 19.5 Å². The summed E-state index contributed by atoms with van der Waals surface area (Å²) in [7, 11) is 0. The second-order valence-electron chi connectivity index (χ2n) is 6.38. The van der Waals surface area contributed by atoms with Crippen LogP contribution in [-0.2, 0) is 9.59 Å². The Labute approximate surface area is 135 Å². The lowest BCUT2D eigenvalue weighted by Crippen LogP contribution is -2.47. The van der Waals surface area contributed by atoms with Gasteiger partial charge in [0, 0.05) is 25.6 Å². The molecular formula is C17H22FN3O2. The molecule has 2 aliphatic heterocycles. The summed E-state index contributed by atoms with van der Waals surface area (Å²) in [5.41, 5.74) is 0.646. The largest absolute Gasteiger partial charge is 0.357 e. The van der Waals surface area contributed by atoms with Crippen molar-refractivity contribution in [1.82, 2.24) is 15.5 Å². The molecule has 0 saturated carbocycles. The van der Waals surface area contributed by atoms with E-state index in [1.54, 1.807) is 12.1 Å². The van der Waals surface area contributed by atoms with E-state index in [9.17, 15) is 14.0 Å². The van der Waals surface area contributed by atoms with Crippen LogP contribution in [0.25, 0.3) is 0 Å². The van der Waals surface area contributed by atoms with Gasteiger partial charge in [-0.05, 0) is 43.6 Å². The highest BCUT2D eigenvalue weighted by Crippen LogP contribution is 2.47. The summed E-state index contributed by atoms with van der Waals surface area (Å²) in [6, 6.07) is 6.52. The Morgan fingerprint density at radius 1 is 1.30 bits per heavy atom. The molecule has 1 aromatic carbocycles. The molecule has 0 radical (unpaired) electrons. The van der Waals surface area contributed by atoms with Gasteiger partial charge in [-0.2, -0.15) is 0 Å². The molecule has 2 saturated heterocycles. The number of likely N-dealkylation sites (tertiary alicyclic amines) is 1. The van der Waals surface area contributed by atoms with E-state index in [1.165, 1.54) is 12.1 Å². The molecule has 6 heteroatoms. The number of nitrogens with one attached hydrogen (secondary N) is 2. The molecule has 2 amide bonds. The third-order valence-electron chi connectivity index (χ3n) is 5.26. The summed E-state index contributed by atoms with van der Waals surface area (Å²) in [4.78, 5) is 25.1. The first-order valence-corrected chi connectivity index (χ1v) is 8.09. The Hall–Kier alpha value is -1.95. The van der Waals surface area contributed by atoms with E-state index >= 15 is 0 Å². The van der Waals surface area contributed by atoms with E-state index in [1.807, 2.05) is 0 Å². The zero-order chi connectivity index (χ0) is 16.3. The van der Waals surface area contributed by atoms with Crippen LogP contribution >= 0.6 is 0 Å². The van der Waals surface area contributed by atoms with E-state index in [-0.39, 0.29) is 23.1 Å². The van der Waals surface area contributed by atoms with E-state index in [2.05, 4.69) is 15.5 Å². The van der Waals surface area contributed by atoms with Crippen LogP contribution in [0.1, 0.15) is 24.3 Å². The second-order valence-corrected chi connectivity index (χ2v) is 6.38. The van der Waals surface area contributed by atoms with Crippen molar-refractivity contribution >= 4 is 12.3 Å².